The van der Waals surface area contributed by atoms with Crippen LogP contribution in [-0.2, 0) is 11.3 Å². The number of esters is 1. The minimum absolute atomic E-state index is 0.123. The summed E-state index contributed by atoms with van der Waals surface area (Å²) in [5.41, 5.74) is 1.74. The normalized spacial score (nSPS) is 11.3. The maximum Gasteiger partial charge on any atom is 0.398 e. The van der Waals surface area contributed by atoms with Crippen LogP contribution in [0.4, 0.5) is 23.2 Å². The number of hydrogen-bond acceptors (Lipinski definition) is 4. The molecule has 0 amide bonds. The molecule has 2 aromatic rings. The van der Waals surface area contributed by atoms with E-state index in [2.05, 4.69) is 10.1 Å². The van der Waals surface area contributed by atoms with Crippen molar-refractivity contribution in [1.82, 2.24) is 0 Å². The highest BCUT2D eigenvalue weighted by molar-refractivity contribution is 7.99. The third kappa shape index (κ3) is 5.66. The van der Waals surface area contributed by atoms with Crippen LogP contribution in [0, 0.1) is 12.7 Å². The number of thioether (sulfide) groups is 1. The lowest BCUT2D eigenvalue weighted by Gasteiger charge is -2.13. The molecule has 0 fully saturated rings. The second kappa shape index (κ2) is 8.44. The van der Waals surface area contributed by atoms with Gasteiger partial charge in [-0.2, -0.15) is 13.2 Å². The van der Waals surface area contributed by atoms with Crippen molar-refractivity contribution in [1.29, 1.82) is 0 Å². The highest BCUT2D eigenvalue weighted by Gasteiger charge is 2.27. The van der Waals surface area contributed by atoms with E-state index < -0.39 is 23.7 Å². The van der Waals surface area contributed by atoms with Crippen LogP contribution in [0.1, 0.15) is 21.5 Å². The van der Waals surface area contributed by atoms with Gasteiger partial charge in [0.15, 0.2) is 0 Å². The molecule has 1 N–H and O–H groups in total. The van der Waals surface area contributed by atoms with Crippen LogP contribution >= 0.6 is 11.8 Å². The number of alkyl halides is 3. The molecule has 0 radical (unpaired) electrons. The topological polar surface area (TPSA) is 38.3 Å². The van der Waals surface area contributed by atoms with Crippen LogP contribution < -0.4 is 5.32 Å². The molecule has 0 aromatic heterocycles. The minimum atomic E-state index is -4.29. The quantitative estimate of drug-likeness (QED) is 0.421. The molecule has 8 heteroatoms. The van der Waals surface area contributed by atoms with Crippen LogP contribution in [0.3, 0.4) is 0 Å². The van der Waals surface area contributed by atoms with Crippen molar-refractivity contribution >= 4 is 23.4 Å². The summed E-state index contributed by atoms with van der Waals surface area (Å²) >= 11 is 0.623. The molecule has 0 spiro atoms. The Bertz CT molecular complexity index is 776. The van der Waals surface area contributed by atoms with E-state index in [0.717, 1.165) is 5.56 Å². The lowest BCUT2D eigenvalue weighted by molar-refractivity contribution is -0.105. The van der Waals surface area contributed by atoms with E-state index in [4.69, 9.17) is 0 Å². The van der Waals surface area contributed by atoms with Crippen LogP contribution in [-0.4, -0.2) is 25.0 Å². The number of aryl methyl sites for hydroxylation is 1. The maximum absolute atomic E-state index is 14.1. The third-order valence-electron chi connectivity index (χ3n) is 3.51. The zero-order chi connectivity index (χ0) is 19.3. The predicted molar refractivity (Wildman–Crippen MR) is 93.0 cm³/mol. The SMILES string of the molecule is COC(=O)c1ccc(CNc2cc(SCC(F)(F)F)c(C)cc2F)cc1. The van der Waals surface area contributed by atoms with Gasteiger partial charge in [0.05, 0.1) is 24.1 Å². The van der Waals surface area contributed by atoms with Crippen LogP contribution in [0.15, 0.2) is 41.3 Å². The number of benzene rings is 2. The fraction of sp³-hybridized carbons (Fsp3) is 0.278. The summed E-state index contributed by atoms with van der Waals surface area (Å²) in [5.74, 6) is -2.03. The van der Waals surface area contributed by atoms with Crippen LogP contribution in [0.5, 0.6) is 0 Å². The van der Waals surface area contributed by atoms with Crippen molar-refractivity contribution in [2.45, 2.75) is 24.5 Å². The Morgan fingerprint density at radius 2 is 1.85 bits per heavy atom. The predicted octanol–water partition coefficient (Wildman–Crippen LogP) is 5.19. The van der Waals surface area contributed by atoms with Gasteiger partial charge in [-0.1, -0.05) is 12.1 Å². The summed E-state index contributed by atoms with van der Waals surface area (Å²) in [4.78, 5) is 11.7. The monoisotopic (exact) mass is 387 g/mol. The Hall–Kier alpha value is -2.22. The largest absolute Gasteiger partial charge is 0.465 e. The number of methoxy groups -OCH3 is 1. The minimum Gasteiger partial charge on any atom is -0.465 e. The summed E-state index contributed by atoms with van der Waals surface area (Å²) in [7, 11) is 1.28. The Morgan fingerprint density at radius 3 is 2.42 bits per heavy atom. The molecule has 0 saturated carbocycles. The van der Waals surface area contributed by atoms with Gasteiger partial charge in [-0.25, -0.2) is 9.18 Å². The van der Waals surface area contributed by atoms with E-state index in [9.17, 15) is 22.4 Å². The molecule has 0 heterocycles. The standard InChI is InChI=1S/C18H17F4NO2S/c1-11-7-14(19)15(8-16(11)26-10-18(20,21)22)23-9-12-3-5-13(6-4-12)17(24)25-2/h3-8,23H,9-10H2,1-2H3. The second-order valence-electron chi connectivity index (χ2n) is 5.54. The Kier molecular flexibility index (Phi) is 6.52. The van der Waals surface area contributed by atoms with Gasteiger partial charge >= 0.3 is 12.1 Å². The van der Waals surface area contributed by atoms with Crippen LogP contribution in [0.2, 0.25) is 0 Å². The van der Waals surface area contributed by atoms with Gasteiger partial charge in [0, 0.05) is 11.4 Å². The number of carbonyl (C=O) groups is 1. The lowest BCUT2D eigenvalue weighted by Crippen LogP contribution is -2.11. The molecule has 0 unspecified atom stereocenters. The van der Waals surface area contributed by atoms with Gasteiger partial charge in [0.1, 0.15) is 5.82 Å². The van der Waals surface area contributed by atoms with Crippen molar-refractivity contribution in [2.24, 2.45) is 0 Å². The van der Waals surface area contributed by atoms with E-state index in [1.54, 1.807) is 31.2 Å². The first-order valence-corrected chi connectivity index (χ1v) is 8.59. The maximum atomic E-state index is 14.1. The van der Waals surface area contributed by atoms with Crippen molar-refractivity contribution in [2.75, 3.05) is 18.2 Å². The first kappa shape index (κ1) is 20.1. The number of halogens is 4. The molecule has 3 nitrogen and oxygen atoms in total. The van der Waals surface area contributed by atoms with Crippen molar-refractivity contribution in [3.05, 3.63) is 58.9 Å². The van der Waals surface area contributed by atoms with E-state index in [-0.39, 0.29) is 12.2 Å². The van der Waals surface area contributed by atoms with Crippen molar-refractivity contribution < 1.29 is 27.1 Å². The van der Waals surface area contributed by atoms with E-state index >= 15 is 0 Å². The molecule has 0 aliphatic heterocycles. The number of rotatable bonds is 6. The number of ether oxygens (including phenoxy) is 1. The van der Waals surface area contributed by atoms with Crippen molar-refractivity contribution in [3.8, 4) is 0 Å². The fourth-order valence-electron chi connectivity index (χ4n) is 2.18. The molecule has 0 aliphatic carbocycles. The fourth-order valence-corrected chi connectivity index (χ4v) is 2.98. The lowest BCUT2D eigenvalue weighted by atomic mass is 10.1. The molecule has 0 saturated heterocycles. The molecular weight excluding hydrogens is 370 g/mol. The second-order valence-corrected chi connectivity index (χ2v) is 6.56. The Morgan fingerprint density at radius 1 is 1.19 bits per heavy atom. The first-order valence-electron chi connectivity index (χ1n) is 7.60. The average Bonchev–Trinajstić information content (AvgIpc) is 2.59. The highest BCUT2D eigenvalue weighted by atomic mass is 32.2. The molecule has 2 rings (SSSR count). The zero-order valence-electron chi connectivity index (χ0n) is 14.1. The van der Waals surface area contributed by atoms with Gasteiger partial charge in [0.2, 0.25) is 0 Å². The van der Waals surface area contributed by atoms with E-state index in [1.807, 2.05) is 0 Å². The Labute approximate surface area is 152 Å². The molecule has 2 aromatic carbocycles. The molecule has 0 atom stereocenters. The van der Waals surface area contributed by atoms with Gasteiger partial charge in [0.25, 0.3) is 0 Å². The number of nitrogens with one attached hydrogen (secondary N) is 1. The zero-order valence-corrected chi connectivity index (χ0v) is 14.9. The van der Waals surface area contributed by atoms with E-state index in [1.165, 1.54) is 19.2 Å². The molecular formula is C18H17F4NO2S. The van der Waals surface area contributed by atoms with Gasteiger partial charge < -0.3 is 10.1 Å². The smallest absolute Gasteiger partial charge is 0.398 e. The highest BCUT2D eigenvalue weighted by Crippen LogP contribution is 2.32. The number of hydrogen-bond donors (Lipinski definition) is 1. The number of carbonyl (C=O) groups excluding carboxylic acids is 1. The average molecular weight is 387 g/mol. The summed E-state index contributed by atoms with van der Waals surface area (Å²) in [6.45, 7) is 1.82. The van der Waals surface area contributed by atoms with E-state index in [0.29, 0.717) is 27.8 Å². The first-order chi connectivity index (χ1) is 12.2. The summed E-state index contributed by atoms with van der Waals surface area (Å²) in [6, 6.07) is 9.12. The van der Waals surface area contributed by atoms with Crippen LogP contribution in [0.25, 0.3) is 0 Å². The molecule has 26 heavy (non-hydrogen) atoms. The number of anilines is 1. The van der Waals surface area contributed by atoms with Gasteiger partial charge in [-0.15, -0.1) is 11.8 Å². The Balaban J connectivity index is 2.07. The van der Waals surface area contributed by atoms with Crippen molar-refractivity contribution in [3.63, 3.8) is 0 Å². The summed E-state index contributed by atoms with van der Waals surface area (Å²) < 4.78 is 55.9. The molecule has 0 bridgehead atoms. The third-order valence-corrected chi connectivity index (χ3v) is 4.74. The summed E-state index contributed by atoms with van der Waals surface area (Å²) in [6.07, 6.45) is -4.29. The molecule has 140 valence electrons. The molecule has 0 aliphatic rings. The van der Waals surface area contributed by atoms with Gasteiger partial charge in [-0.05, 0) is 42.3 Å². The summed E-state index contributed by atoms with van der Waals surface area (Å²) in [5, 5.41) is 2.87. The van der Waals surface area contributed by atoms with Gasteiger partial charge in [-0.3, -0.25) is 0 Å².